The van der Waals surface area contributed by atoms with E-state index in [0.29, 0.717) is 18.6 Å². The van der Waals surface area contributed by atoms with Gasteiger partial charge in [0.15, 0.2) is 0 Å². The van der Waals surface area contributed by atoms with Crippen LogP contribution in [0.25, 0.3) is 0 Å². The summed E-state index contributed by atoms with van der Waals surface area (Å²) in [5.74, 6) is -0.135. The summed E-state index contributed by atoms with van der Waals surface area (Å²) in [5.41, 5.74) is -0.216. The van der Waals surface area contributed by atoms with Crippen molar-refractivity contribution < 1.29 is 9.53 Å². The zero-order valence-electron chi connectivity index (χ0n) is 12.8. The third kappa shape index (κ3) is 4.13. The molecule has 104 valence electrons. The van der Waals surface area contributed by atoms with Crippen LogP contribution in [0.2, 0.25) is 0 Å². The molecule has 0 aromatic heterocycles. The van der Waals surface area contributed by atoms with Crippen LogP contribution in [0.4, 0.5) is 0 Å². The third-order valence-corrected chi connectivity index (χ3v) is 2.98. The normalized spacial score (nSPS) is 28.5. The molecule has 0 amide bonds. The van der Waals surface area contributed by atoms with E-state index in [2.05, 4.69) is 37.8 Å². The van der Waals surface area contributed by atoms with Gasteiger partial charge in [0.1, 0.15) is 5.60 Å². The van der Waals surface area contributed by atoms with E-state index in [9.17, 15) is 4.79 Å². The van der Waals surface area contributed by atoms with E-state index >= 15 is 0 Å². The van der Waals surface area contributed by atoms with E-state index in [1.54, 1.807) is 0 Å². The van der Waals surface area contributed by atoms with Crippen molar-refractivity contribution >= 4 is 5.97 Å². The number of allylic oxidation sites excluding steroid dienone is 1. The Labute approximate surface area is 111 Å². The van der Waals surface area contributed by atoms with Crippen LogP contribution in [0, 0.1) is 5.41 Å². The molecule has 1 aliphatic heterocycles. The van der Waals surface area contributed by atoms with Gasteiger partial charge in [-0.15, -0.1) is 0 Å². The topological polar surface area (TPSA) is 29.3 Å². The first-order valence-electron chi connectivity index (χ1n) is 6.66. The van der Waals surface area contributed by atoms with Gasteiger partial charge >= 0.3 is 5.97 Å². The quantitative estimate of drug-likeness (QED) is 0.440. The highest BCUT2D eigenvalue weighted by molar-refractivity contribution is 5.73. The van der Waals surface area contributed by atoms with Crippen molar-refractivity contribution in [2.24, 2.45) is 5.41 Å². The predicted octanol–water partition coefficient (Wildman–Crippen LogP) is 3.00. The average Bonchev–Trinajstić information content (AvgIpc) is 2.74. The summed E-state index contributed by atoms with van der Waals surface area (Å²) < 4.78 is 5.37. The minimum absolute atomic E-state index is 0.135. The molecule has 1 heterocycles. The summed E-state index contributed by atoms with van der Waals surface area (Å²) in [6.45, 7) is 14.7. The summed E-state index contributed by atoms with van der Waals surface area (Å²) in [7, 11) is 0. The van der Waals surface area contributed by atoms with Crippen LogP contribution in [0.1, 0.15) is 48.5 Å². The monoisotopic (exact) mass is 253 g/mol. The predicted molar refractivity (Wildman–Crippen MR) is 74.4 cm³/mol. The minimum atomic E-state index is -0.402. The molecule has 0 saturated carbocycles. The van der Waals surface area contributed by atoms with Crippen LogP contribution in [0.15, 0.2) is 12.2 Å². The summed E-state index contributed by atoms with van der Waals surface area (Å²) in [6, 6.07) is 0.809. The first kappa shape index (κ1) is 15.2. The van der Waals surface area contributed by atoms with Crippen molar-refractivity contribution in [1.29, 1.82) is 0 Å². The fourth-order valence-electron chi connectivity index (χ4n) is 2.45. The molecule has 1 fully saturated rings. The van der Waals surface area contributed by atoms with Crippen LogP contribution in [0.5, 0.6) is 0 Å². The van der Waals surface area contributed by atoms with Gasteiger partial charge in [-0.2, -0.15) is 0 Å². The fraction of sp³-hybridized carbons (Fsp3) is 0.800. The Kier molecular flexibility index (Phi) is 4.26. The van der Waals surface area contributed by atoms with E-state index in [1.807, 2.05) is 27.7 Å². The van der Waals surface area contributed by atoms with Gasteiger partial charge < -0.3 is 4.74 Å². The van der Waals surface area contributed by atoms with Crippen molar-refractivity contribution in [2.75, 3.05) is 6.54 Å². The molecule has 1 saturated heterocycles. The summed E-state index contributed by atoms with van der Waals surface area (Å²) in [5, 5.41) is 0. The number of hydrogen-bond acceptors (Lipinski definition) is 3. The van der Waals surface area contributed by atoms with Crippen LogP contribution in [-0.2, 0) is 9.53 Å². The van der Waals surface area contributed by atoms with Gasteiger partial charge in [0.05, 0.1) is 6.54 Å². The van der Waals surface area contributed by atoms with Crippen LogP contribution in [0.3, 0.4) is 0 Å². The highest BCUT2D eigenvalue weighted by Crippen LogP contribution is 2.42. The molecule has 0 aromatic carbocycles. The van der Waals surface area contributed by atoms with Crippen LogP contribution in [-0.4, -0.2) is 35.1 Å². The maximum atomic E-state index is 11.8. The Hall–Kier alpha value is -0.830. The molecule has 0 bridgehead atoms. The standard InChI is InChI=1S/C15H27NO2/c1-8-9-11-13(14(2,3)4)16(11)10-12(17)18-15(5,6)7/h8-9,11,13H,10H2,1-7H3/b9-8+/t11-,13-,16?/m0/s1. The Morgan fingerprint density at radius 1 is 1.22 bits per heavy atom. The Bertz CT molecular complexity index is 333. The second kappa shape index (κ2) is 5.04. The molecule has 18 heavy (non-hydrogen) atoms. The Morgan fingerprint density at radius 3 is 2.17 bits per heavy atom. The number of hydrogen-bond donors (Lipinski definition) is 0. The molecular formula is C15H27NO2. The van der Waals surface area contributed by atoms with E-state index in [4.69, 9.17) is 4.74 Å². The SMILES string of the molecule is C/C=C/[C@H]1[C@@H](C(C)(C)C)N1CC(=O)OC(C)(C)C. The molecular weight excluding hydrogens is 226 g/mol. The first-order valence-corrected chi connectivity index (χ1v) is 6.66. The molecule has 0 N–H and O–H groups in total. The van der Waals surface area contributed by atoms with Crippen LogP contribution >= 0.6 is 0 Å². The van der Waals surface area contributed by atoms with Gasteiger partial charge in [0.2, 0.25) is 0 Å². The number of rotatable bonds is 3. The van der Waals surface area contributed by atoms with E-state index in [1.165, 1.54) is 0 Å². The Balaban J connectivity index is 2.60. The largest absolute Gasteiger partial charge is 0.459 e. The lowest BCUT2D eigenvalue weighted by atomic mass is 9.90. The van der Waals surface area contributed by atoms with E-state index in [0.717, 1.165) is 0 Å². The summed E-state index contributed by atoms with van der Waals surface area (Å²) in [4.78, 5) is 14.0. The maximum absolute atomic E-state index is 11.8. The fourth-order valence-corrected chi connectivity index (χ4v) is 2.45. The van der Waals surface area contributed by atoms with Crippen molar-refractivity contribution in [2.45, 2.75) is 66.2 Å². The molecule has 0 spiro atoms. The molecule has 1 unspecified atom stereocenters. The number of nitrogens with zero attached hydrogens (tertiary/aromatic N) is 1. The first-order chi connectivity index (χ1) is 8.06. The highest BCUT2D eigenvalue weighted by atomic mass is 16.6. The van der Waals surface area contributed by atoms with Crippen molar-refractivity contribution in [3.8, 4) is 0 Å². The molecule has 0 aliphatic carbocycles. The van der Waals surface area contributed by atoms with Crippen molar-refractivity contribution in [3.63, 3.8) is 0 Å². The number of ether oxygens (including phenoxy) is 1. The molecule has 1 aliphatic rings. The van der Waals surface area contributed by atoms with Gasteiger partial charge in [0, 0.05) is 12.1 Å². The maximum Gasteiger partial charge on any atom is 0.320 e. The summed E-state index contributed by atoms with van der Waals surface area (Å²) >= 11 is 0. The second-order valence-electron chi connectivity index (χ2n) is 7.09. The number of carbonyl (C=O) groups excluding carboxylic acids is 1. The van der Waals surface area contributed by atoms with Gasteiger partial charge in [-0.05, 0) is 33.1 Å². The second-order valence-corrected chi connectivity index (χ2v) is 7.09. The zero-order valence-corrected chi connectivity index (χ0v) is 12.8. The van der Waals surface area contributed by atoms with Crippen LogP contribution < -0.4 is 0 Å². The smallest absolute Gasteiger partial charge is 0.320 e. The van der Waals surface area contributed by atoms with E-state index < -0.39 is 5.60 Å². The summed E-state index contributed by atoms with van der Waals surface area (Å²) in [6.07, 6.45) is 4.22. The number of carbonyl (C=O) groups is 1. The molecule has 3 atom stereocenters. The molecule has 1 rings (SSSR count). The van der Waals surface area contributed by atoms with Gasteiger partial charge in [-0.25, -0.2) is 0 Å². The van der Waals surface area contributed by atoms with E-state index in [-0.39, 0.29) is 11.4 Å². The third-order valence-electron chi connectivity index (χ3n) is 2.98. The zero-order chi connectivity index (χ0) is 14.1. The van der Waals surface area contributed by atoms with Gasteiger partial charge in [-0.3, -0.25) is 9.69 Å². The minimum Gasteiger partial charge on any atom is -0.459 e. The van der Waals surface area contributed by atoms with Gasteiger partial charge in [0.25, 0.3) is 0 Å². The van der Waals surface area contributed by atoms with Crippen molar-refractivity contribution in [3.05, 3.63) is 12.2 Å². The average molecular weight is 253 g/mol. The Morgan fingerprint density at radius 2 is 1.78 bits per heavy atom. The molecule has 3 heteroatoms. The highest BCUT2D eigenvalue weighted by Gasteiger charge is 2.52. The lowest BCUT2D eigenvalue weighted by Gasteiger charge is -2.21. The van der Waals surface area contributed by atoms with Gasteiger partial charge in [-0.1, -0.05) is 32.9 Å². The van der Waals surface area contributed by atoms with Crippen molar-refractivity contribution in [1.82, 2.24) is 4.90 Å². The lowest BCUT2D eigenvalue weighted by molar-refractivity contribution is -0.155. The lowest BCUT2D eigenvalue weighted by Crippen LogP contribution is -2.30. The molecule has 3 nitrogen and oxygen atoms in total. The molecule has 0 aromatic rings. The molecule has 0 radical (unpaired) electrons. The number of esters is 1.